The Morgan fingerprint density at radius 2 is 2.17 bits per heavy atom. The molecule has 1 atom stereocenters. The predicted octanol–water partition coefficient (Wildman–Crippen LogP) is 3.22. The van der Waals surface area contributed by atoms with Crippen molar-refractivity contribution in [2.75, 3.05) is 13.0 Å². The van der Waals surface area contributed by atoms with Crippen LogP contribution in [-0.4, -0.2) is 24.0 Å². The lowest BCUT2D eigenvalue weighted by atomic mass is 9.85. The summed E-state index contributed by atoms with van der Waals surface area (Å²) in [5.41, 5.74) is 1.26. The molecule has 0 aliphatic heterocycles. The van der Waals surface area contributed by atoms with Crippen molar-refractivity contribution in [3.05, 3.63) is 23.9 Å². The quantitative estimate of drug-likeness (QED) is 0.806. The fourth-order valence-corrected chi connectivity index (χ4v) is 2.14. The fourth-order valence-electron chi connectivity index (χ4n) is 1.93. The molecule has 0 fully saturated rings. The van der Waals surface area contributed by atoms with Crippen LogP contribution in [0.25, 0.3) is 0 Å². The SMILES string of the molecule is COc1ncccc1CNC(CCCl)C(C)(C)C. The van der Waals surface area contributed by atoms with E-state index in [1.165, 1.54) is 0 Å². The first-order valence-electron chi connectivity index (χ1n) is 6.26. The number of methoxy groups -OCH3 is 1. The number of halogens is 1. The smallest absolute Gasteiger partial charge is 0.217 e. The number of hydrogen-bond donors (Lipinski definition) is 1. The molecule has 1 heterocycles. The molecule has 1 rings (SSSR count). The Labute approximate surface area is 115 Å². The molecule has 0 aromatic carbocycles. The number of nitrogens with one attached hydrogen (secondary N) is 1. The Hall–Kier alpha value is -0.800. The van der Waals surface area contributed by atoms with Gasteiger partial charge >= 0.3 is 0 Å². The zero-order chi connectivity index (χ0) is 13.6. The minimum atomic E-state index is 0.185. The van der Waals surface area contributed by atoms with E-state index in [1.54, 1.807) is 13.3 Å². The van der Waals surface area contributed by atoms with Gasteiger partial charge in [-0.15, -0.1) is 11.6 Å². The standard InChI is InChI=1S/C14H23ClN2O/c1-14(2,3)12(7-8-15)17-10-11-6-5-9-16-13(11)18-4/h5-6,9,12,17H,7-8,10H2,1-4H3. The number of hydrogen-bond acceptors (Lipinski definition) is 3. The van der Waals surface area contributed by atoms with Crippen molar-refractivity contribution in [2.24, 2.45) is 5.41 Å². The van der Waals surface area contributed by atoms with Crippen LogP contribution in [0, 0.1) is 5.41 Å². The first-order valence-corrected chi connectivity index (χ1v) is 6.79. The van der Waals surface area contributed by atoms with Gasteiger partial charge < -0.3 is 10.1 Å². The largest absolute Gasteiger partial charge is 0.481 e. The summed E-state index contributed by atoms with van der Waals surface area (Å²) in [5.74, 6) is 1.35. The first kappa shape index (κ1) is 15.3. The van der Waals surface area contributed by atoms with Crippen molar-refractivity contribution < 1.29 is 4.74 Å². The second-order valence-corrected chi connectivity index (χ2v) is 5.83. The van der Waals surface area contributed by atoms with Crippen molar-refractivity contribution >= 4 is 11.6 Å². The van der Waals surface area contributed by atoms with Crippen LogP contribution in [0.4, 0.5) is 0 Å². The van der Waals surface area contributed by atoms with Gasteiger partial charge in [-0.25, -0.2) is 4.98 Å². The van der Waals surface area contributed by atoms with Crippen molar-refractivity contribution in [1.82, 2.24) is 10.3 Å². The van der Waals surface area contributed by atoms with Crippen LogP contribution in [0.1, 0.15) is 32.8 Å². The Kier molecular flexibility index (Phi) is 5.89. The second-order valence-electron chi connectivity index (χ2n) is 5.45. The molecule has 0 radical (unpaired) electrons. The maximum atomic E-state index is 5.87. The summed E-state index contributed by atoms with van der Waals surface area (Å²) in [5, 5.41) is 3.55. The molecule has 1 aromatic rings. The summed E-state index contributed by atoms with van der Waals surface area (Å²) in [6, 6.07) is 4.33. The molecule has 1 unspecified atom stereocenters. The van der Waals surface area contributed by atoms with E-state index in [0.29, 0.717) is 17.8 Å². The normalized spacial score (nSPS) is 13.4. The first-order chi connectivity index (χ1) is 8.49. The Morgan fingerprint density at radius 1 is 1.44 bits per heavy atom. The van der Waals surface area contributed by atoms with Gasteiger partial charge in [0.2, 0.25) is 5.88 Å². The molecule has 0 saturated carbocycles. The highest BCUT2D eigenvalue weighted by molar-refractivity contribution is 6.17. The number of alkyl halides is 1. The molecule has 0 aliphatic rings. The van der Waals surface area contributed by atoms with Crippen LogP contribution < -0.4 is 10.1 Å². The monoisotopic (exact) mass is 270 g/mol. The summed E-state index contributed by atoms with van der Waals surface area (Å²) in [7, 11) is 1.64. The maximum absolute atomic E-state index is 5.87. The highest BCUT2D eigenvalue weighted by Crippen LogP contribution is 2.23. The third-order valence-electron chi connectivity index (χ3n) is 3.03. The van der Waals surface area contributed by atoms with Gasteiger partial charge in [0.05, 0.1) is 7.11 Å². The fraction of sp³-hybridized carbons (Fsp3) is 0.643. The molecule has 18 heavy (non-hydrogen) atoms. The van der Waals surface area contributed by atoms with Crippen LogP contribution in [0.5, 0.6) is 5.88 Å². The molecule has 0 aliphatic carbocycles. The summed E-state index contributed by atoms with van der Waals surface area (Å²) in [6.07, 6.45) is 2.69. The van der Waals surface area contributed by atoms with Gasteiger partial charge in [-0.2, -0.15) is 0 Å². The van der Waals surface area contributed by atoms with E-state index in [0.717, 1.165) is 18.5 Å². The van der Waals surface area contributed by atoms with Gasteiger partial charge in [0.25, 0.3) is 0 Å². The Balaban J connectivity index is 2.67. The van der Waals surface area contributed by atoms with E-state index in [-0.39, 0.29) is 5.41 Å². The number of ether oxygens (including phenoxy) is 1. The third-order valence-corrected chi connectivity index (χ3v) is 3.24. The van der Waals surface area contributed by atoms with E-state index < -0.39 is 0 Å². The van der Waals surface area contributed by atoms with Crippen LogP contribution in [-0.2, 0) is 6.54 Å². The van der Waals surface area contributed by atoms with Crippen LogP contribution in [0.2, 0.25) is 0 Å². The lowest BCUT2D eigenvalue weighted by Crippen LogP contribution is -2.40. The van der Waals surface area contributed by atoms with Gasteiger partial charge in [0, 0.05) is 30.2 Å². The molecule has 102 valence electrons. The number of aromatic nitrogens is 1. The van der Waals surface area contributed by atoms with Crippen molar-refractivity contribution in [2.45, 2.75) is 39.8 Å². The average Bonchev–Trinajstić information content (AvgIpc) is 2.33. The number of nitrogens with zero attached hydrogens (tertiary/aromatic N) is 1. The van der Waals surface area contributed by atoms with Crippen molar-refractivity contribution in [1.29, 1.82) is 0 Å². The maximum Gasteiger partial charge on any atom is 0.217 e. The molecule has 3 nitrogen and oxygen atoms in total. The van der Waals surface area contributed by atoms with Gasteiger partial charge in [0.1, 0.15) is 0 Å². The molecular formula is C14H23ClN2O. The van der Waals surface area contributed by atoms with Gasteiger partial charge in [-0.1, -0.05) is 26.8 Å². The van der Waals surface area contributed by atoms with Gasteiger partial charge in [0.15, 0.2) is 0 Å². The minimum Gasteiger partial charge on any atom is -0.481 e. The molecule has 4 heteroatoms. The molecular weight excluding hydrogens is 248 g/mol. The predicted molar refractivity (Wildman–Crippen MR) is 76.2 cm³/mol. The second kappa shape index (κ2) is 6.95. The van der Waals surface area contributed by atoms with E-state index in [2.05, 4.69) is 31.1 Å². The van der Waals surface area contributed by atoms with Crippen LogP contribution in [0.15, 0.2) is 18.3 Å². The minimum absolute atomic E-state index is 0.185. The zero-order valence-electron chi connectivity index (χ0n) is 11.7. The third kappa shape index (κ3) is 4.46. The van der Waals surface area contributed by atoms with Crippen molar-refractivity contribution in [3.63, 3.8) is 0 Å². The van der Waals surface area contributed by atoms with E-state index in [1.807, 2.05) is 12.1 Å². The van der Waals surface area contributed by atoms with E-state index in [4.69, 9.17) is 16.3 Å². The number of rotatable bonds is 6. The summed E-state index contributed by atoms with van der Waals surface area (Å²) >= 11 is 5.87. The molecule has 0 saturated heterocycles. The van der Waals surface area contributed by atoms with Crippen molar-refractivity contribution in [3.8, 4) is 5.88 Å². The summed E-state index contributed by atoms with van der Waals surface area (Å²) in [6.45, 7) is 7.41. The highest BCUT2D eigenvalue weighted by Gasteiger charge is 2.23. The Morgan fingerprint density at radius 3 is 2.72 bits per heavy atom. The van der Waals surface area contributed by atoms with E-state index in [9.17, 15) is 0 Å². The summed E-state index contributed by atoms with van der Waals surface area (Å²) < 4.78 is 5.25. The number of pyridine rings is 1. The lowest BCUT2D eigenvalue weighted by Gasteiger charge is -2.31. The topological polar surface area (TPSA) is 34.1 Å². The highest BCUT2D eigenvalue weighted by atomic mass is 35.5. The summed E-state index contributed by atoms with van der Waals surface area (Å²) in [4.78, 5) is 4.20. The van der Waals surface area contributed by atoms with Crippen LogP contribution >= 0.6 is 11.6 Å². The zero-order valence-corrected chi connectivity index (χ0v) is 12.4. The van der Waals surface area contributed by atoms with E-state index >= 15 is 0 Å². The molecule has 1 aromatic heterocycles. The van der Waals surface area contributed by atoms with Gasteiger partial charge in [-0.3, -0.25) is 0 Å². The molecule has 0 amide bonds. The Bertz CT molecular complexity index is 363. The van der Waals surface area contributed by atoms with Gasteiger partial charge in [-0.05, 0) is 17.9 Å². The molecule has 0 bridgehead atoms. The molecule has 1 N–H and O–H groups in total. The lowest BCUT2D eigenvalue weighted by molar-refractivity contribution is 0.259. The molecule has 0 spiro atoms. The van der Waals surface area contributed by atoms with Crippen LogP contribution in [0.3, 0.4) is 0 Å². The average molecular weight is 271 g/mol.